The number of carbonyl (C=O) groups is 1. The van der Waals surface area contributed by atoms with Crippen molar-refractivity contribution in [2.45, 2.75) is 19.1 Å². The fraction of sp³-hybridized carbons (Fsp3) is 0.278. The van der Waals surface area contributed by atoms with Gasteiger partial charge in [-0.1, -0.05) is 29.8 Å². The lowest BCUT2D eigenvalue weighted by Gasteiger charge is -2.24. The van der Waals surface area contributed by atoms with E-state index in [4.69, 9.17) is 21.1 Å². The Bertz CT molecular complexity index is 762. The highest BCUT2D eigenvalue weighted by Gasteiger charge is 2.26. The summed E-state index contributed by atoms with van der Waals surface area (Å²) in [6.45, 7) is 2.23. The Morgan fingerprint density at radius 1 is 1.16 bits per heavy atom. The summed E-state index contributed by atoms with van der Waals surface area (Å²) in [5, 5.41) is 16.7. The number of benzene rings is 2. The zero-order chi connectivity index (χ0) is 17.9. The molecule has 0 unspecified atom stereocenters. The minimum atomic E-state index is -1.24. The maximum Gasteiger partial charge on any atom is 0.315 e. The molecule has 0 aromatic heterocycles. The van der Waals surface area contributed by atoms with Gasteiger partial charge in [0.1, 0.15) is 5.60 Å². The van der Waals surface area contributed by atoms with Crippen molar-refractivity contribution < 1.29 is 19.4 Å². The fourth-order valence-corrected chi connectivity index (χ4v) is 2.56. The van der Waals surface area contributed by atoms with Crippen molar-refractivity contribution in [1.82, 2.24) is 10.6 Å². The molecule has 0 radical (unpaired) electrons. The second-order valence-corrected chi connectivity index (χ2v) is 6.44. The first-order valence-electron chi connectivity index (χ1n) is 7.83. The zero-order valence-corrected chi connectivity index (χ0v) is 14.5. The number of carbonyl (C=O) groups excluding carboxylic acids is 1. The van der Waals surface area contributed by atoms with Crippen molar-refractivity contribution in [3.05, 3.63) is 58.6 Å². The summed E-state index contributed by atoms with van der Waals surface area (Å²) in [6, 6.07) is 12.1. The Balaban J connectivity index is 1.52. The smallest absolute Gasteiger partial charge is 0.315 e. The topological polar surface area (TPSA) is 79.8 Å². The first-order valence-corrected chi connectivity index (χ1v) is 8.20. The van der Waals surface area contributed by atoms with Crippen molar-refractivity contribution in [2.24, 2.45) is 0 Å². The number of ether oxygens (including phenoxy) is 2. The molecule has 1 atom stereocenters. The quantitative estimate of drug-likeness (QED) is 0.764. The van der Waals surface area contributed by atoms with Gasteiger partial charge >= 0.3 is 6.03 Å². The predicted molar refractivity (Wildman–Crippen MR) is 93.8 cm³/mol. The standard InChI is InChI=1S/C18H19ClN2O4/c1-18(23,13-4-7-15-16(8-13)25-11-24-15)10-21-17(22)20-9-12-2-5-14(19)6-3-12/h2-8,23H,9-11H2,1H3,(H2,20,21,22)/t18-/m0/s1. The van der Waals surface area contributed by atoms with E-state index in [9.17, 15) is 9.90 Å². The monoisotopic (exact) mass is 362 g/mol. The Labute approximate surface area is 150 Å². The molecule has 2 aromatic carbocycles. The summed E-state index contributed by atoms with van der Waals surface area (Å²) in [7, 11) is 0. The Hall–Kier alpha value is -2.44. The van der Waals surface area contributed by atoms with Crippen LogP contribution in [0.5, 0.6) is 11.5 Å². The molecule has 6 nitrogen and oxygen atoms in total. The van der Waals surface area contributed by atoms with Gasteiger partial charge in [0.25, 0.3) is 0 Å². The molecule has 0 saturated heterocycles. The zero-order valence-electron chi connectivity index (χ0n) is 13.7. The molecule has 0 aliphatic carbocycles. The molecule has 0 saturated carbocycles. The van der Waals surface area contributed by atoms with Gasteiger partial charge in [-0.25, -0.2) is 4.79 Å². The molecule has 132 valence electrons. The molecular weight excluding hydrogens is 344 g/mol. The molecular formula is C18H19ClN2O4. The van der Waals surface area contributed by atoms with Crippen molar-refractivity contribution in [3.63, 3.8) is 0 Å². The SMILES string of the molecule is C[C@](O)(CNC(=O)NCc1ccc(Cl)cc1)c1ccc2c(c1)OCO2. The van der Waals surface area contributed by atoms with Crippen LogP contribution in [0.15, 0.2) is 42.5 Å². The van der Waals surface area contributed by atoms with Gasteiger partial charge in [-0.05, 0) is 42.3 Å². The number of urea groups is 1. The van der Waals surface area contributed by atoms with E-state index in [0.717, 1.165) is 5.56 Å². The number of fused-ring (bicyclic) bond motifs is 1. The van der Waals surface area contributed by atoms with Crippen LogP contribution in [0, 0.1) is 0 Å². The maximum atomic E-state index is 11.9. The lowest BCUT2D eigenvalue weighted by atomic mass is 9.95. The number of aliphatic hydroxyl groups is 1. The van der Waals surface area contributed by atoms with Gasteiger partial charge < -0.3 is 25.2 Å². The average Bonchev–Trinajstić information content (AvgIpc) is 3.07. The van der Waals surface area contributed by atoms with Crippen LogP contribution in [0.3, 0.4) is 0 Å². The molecule has 2 aromatic rings. The number of hydrogen-bond donors (Lipinski definition) is 3. The highest BCUT2D eigenvalue weighted by atomic mass is 35.5. The average molecular weight is 363 g/mol. The third-order valence-corrected chi connectivity index (χ3v) is 4.21. The summed E-state index contributed by atoms with van der Waals surface area (Å²) in [5.74, 6) is 1.23. The highest BCUT2D eigenvalue weighted by Crippen LogP contribution is 2.35. The normalized spacial score (nSPS) is 14.7. The first kappa shape index (κ1) is 17.4. The number of hydrogen-bond acceptors (Lipinski definition) is 4. The largest absolute Gasteiger partial charge is 0.454 e. The number of halogens is 1. The lowest BCUT2D eigenvalue weighted by Crippen LogP contribution is -2.43. The van der Waals surface area contributed by atoms with E-state index >= 15 is 0 Å². The molecule has 1 aliphatic heterocycles. The lowest BCUT2D eigenvalue weighted by molar-refractivity contribution is 0.0591. The third-order valence-electron chi connectivity index (χ3n) is 3.95. The molecule has 3 rings (SSSR count). The number of nitrogens with one attached hydrogen (secondary N) is 2. The molecule has 0 bridgehead atoms. The summed E-state index contributed by atoms with van der Waals surface area (Å²) >= 11 is 5.82. The van der Waals surface area contributed by atoms with Crippen LogP contribution in [0.2, 0.25) is 5.02 Å². The van der Waals surface area contributed by atoms with E-state index in [1.807, 2.05) is 12.1 Å². The molecule has 1 aliphatic rings. The van der Waals surface area contributed by atoms with Crippen molar-refractivity contribution in [3.8, 4) is 11.5 Å². The van der Waals surface area contributed by atoms with Gasteiger partial charge in [0.2, 0.25) is 6.79 Å². The van der Waals surface area contributed by atoms with Crippen LogP contribution in [-0.4, -0.2) is 24.5 Å². The van der Waals surface area contributed by atoms with Crippen LogP contribution in [0.1, 0.15) is 18.1 Å². The minimum absolute atomic E-state index is 0.0547. The van der Waals surface area contributed by atoms with Crippen LogP contribution < -0.4 is 20.1 Å². The summed E-state index contributed by atoms with van der Waals surface area (Å²) in [6.07, 6.45) is 0. The fourth-order valence-electron chi connectivity index (χ4n) is 2.43. The van der Waals surface area contributed by atoms with E-state index in [1.165, 1.54) is 0 Å². The number of rotatable bonds is 5. The first-order chi connectivity index (χ1) is 11.9. The third kappa shape index (κ3) is 4.35. The van der Waals surface area contributed by atoms with Crippen LogP contribution in [-0.2, 0) is 12.1 Å². The second-order valence-electron chi connectivity index (χ2n) is 6.00. The van der Waals surface area contributed by atoms with Gasteiger partial charge in [0.05, 0.1) is 6.54 Å². The molecule has 2 amide bonds. The van der Waals surface area contributed by atoms with E-state index in [-0.39, 0.29) is 19.4 Å². The summed E-state index contributed by atoms with van der Waals surface area (Å²) in [5.41, 5.74) is 0.329. The Morgan fingerprint density at radius 2 is 1.88 bits per heavy atom. The summed E-state index contributed by atoms with van der Waals surface area (Å²) < 4.78 is 10.6. The molecule has 3 N–H and O–H groups in total. The Kier molecular flexibility index (Phi) is 5.01. The van der Waals surface area contributed by atoms with Crippen LogP contribution in [0.4, 0.5) is 4.79 Å². The molecule has 25 heavy (non-hydrogen) atoms. The van der Waals surface area contributed by atoms with Gasteiger partial charge in [-0.3, -0.25) is 0 Å². The van der Waals surface area contributed by atoms with Crippen LogP contribution in [0.25, 0.3) is 0 Å². The van der Waals surface area contributed by atoms with Crippen LogP contribution >= 0.6 is 11.6 Å². The van der Waals surface area contributed by atoms with Gasteiger partial charge in [0, 0.05) is 11.6 Å². The van der Waals surface area contributed by atoms with Gasteiger partial charge in [-0.15, -0.1) is 0 Å². The minimum Gasteiger partial charge on any atom is -0.454 e. The van der Waals surface area contributed by atoms with Crippen molar-refractivity contribution >= 4 is 17.6 Å². The maximum absolute atomic E-state index is 11.9. The van der Waals surface area contributed by atoms with E-state index in [1.54, 1.807) is 37.3 Å². The summed E-state index contributed by atoms with van der Waals surface area (Å²) in [4.78, 5) is 11.9. The van der Waals surface area contributed by atoms with Crippen molar-refractivity contribution in [2.75, 3.05) is 13.3 Å². The predicted octanol–water partition coefficient (Wildman–Crippen LogP) is 2.78. The van der Waals surface area contributed by atoms with Crippen molar-refractivity contribution in [1.29, 1.82) is 0 Å². The molecule has 7 heteroatoms. The van der Waals surface area contributed by atoms with E-state index < -0.39 is 5.60 Å². The second kappa shape index (κ2) is 7.21. The number of amides is 2. The van der Waals surface area contributed by atoms with Gasteiger partial charge in [0.15, 0.2) is 11.5 Å². The highest BCUT2D eigenvalue weighted by molar-refractivity contribution is 6.30. The van der Waals surface area contributed by atoms with E-state index in [2.05, 4.69) is 10.6 Å². The van der Waals surface area contributed by atoms with E-state index in [0.29, 0.717) is 28.6 Å². The molecule has 1 heterocycles. The Morgan fingerprint density at radius 3 is 2.64 bits per heavy atom. The van der Waals surface area contributed by atoms with Gasteiger partial charge in [-0.2, -0.15) is 0 Å². The molecule has 0 fully saturated rings. The molecule has 0 spiro atoms.